The normalized spacial score (nSPS) is 14.0. The van der Waals surface area contributed by atoms with Gasteiger partial charge in [-0.25, -0.2) is 0 Å². The Balaban J connectivity index is 0.922. The van der Waals surface area contributed by atoms with Crippen LogP contribution in [0.5, 0.6) is 0 Å². The van der Waals surface area contributed by atoms with E-state index < -0.39 is 0 Å². The summed E-state index contributed by atoms with van der Waals surface area (Å²) in [4.78, 5) is 2.46. The summed E-state index contributed by atoms with van der Waals surface area (Å²) >= 11 is 4.82. The van der Waals surface area contributed by atoms with Crippen molar-refractivity contribution in [2.45, 2.75) is 38.5 Å². The maximum absolute atomic E-state index is 4.86. The Morgan fingerprint density at radius 1 is 0.324 bits per heavy atom. The summed E-state index contributed by atoms with van der Waals surface area (Å²) in [6.45, 7) is 9.55. The number of hydrogen-bond acceptors (Lipinski definition) is 5. The minimum absolute atomic E-state index is 0.174. The molecule has 13 rings (SSSR count). The van der Waals surface area contributed by atoms with E-state index in [-0.39, 0.29) is 10.8 Å². The zero-order valence-electron chi connectivity index (χ0n) is 39.9. The average Bonchev–Trinajstić information content (AvgIpc) is 4.28. The maximum Gasteiger partial charge on any atom is 0.113 e. The number of nitrogens with zero attached hydrogens (tertiary/aromatic N) is 2. The van der Waals surface area contributed by atoms with Gasteiger partial charge in [0.2, 0.25) is 0 Å². The smallest absolute Gasteiger partial charge is 0.113 e. The van der Waals surface area contributed by atoms with E-state index in [1.165, 1.54) is 110 Å². The molecule has 11 aromatic rings. The molecule has 0 saturated heterocycles. The standard InChI is InChI=1S/C66H48N2S3/c1-65(2)59-37-43(41-13-7-5-8-14-41)21-27-53(59)55-29-23-47(39-61(55)65)57-35-45(20-26-50-18-12-34-70-50)58(36-44(57)19-25-49-17-11-33-69-49)48-24-30-56-54-28-22-46(38-60(54)66(3,4)62(56)40-48)52-32-31-51(42-15-9-6-10-16-42)63-64(52)68-71-67-63/h5-40H,1-4H3/b25-19+,26-20+. The third-order valence-corrected chi connectivity index (χ3v) is 17.3. The van der Waals surface area contributed by atoms with Crippen LogP contribution in [-0.4, -0.2) is 8.75 Å². The predicted octanol–water partition coefficient (Wildman–Crippen LogP) is 19.1. The van der Waals surface area contributed by atoms with Crippen molar-refractivity contribution >= 4 is 69.7 Å². The molecule has 0 atom stereocenters. The van der Waals surface area contributed by atoms with Gasteiger partial charge in [-0.1, -0.05) is 173 Å². The lowest BCUT2D eigenvalue weighted by atomic mass is 9.79. The largest absolute Gasteiger partial charge is 0.172 e. The Morgan fingerprint density at radius 3 is 1.14 bits per heavy atom. The Morgan fingerprint density at radius 2 is 0.704 bits per heavy atom. The highest BCUT2D eigenvalue weighted by molar-refractivity contribution is 7.11. The van der Waals surface area contributed by atoms with E-state index in [0.29, 0.717) is 0 Å². The van der Waals surface area contributed by atoms with Gasteiger partial charge in [-0.15, -0.1) is 22.7 Å². The van der Waals surface area contributed by atoms with E-state index in [9.17, 15) is 0 Å². The summed E-state index contributed by atoms with van der Waals surface area (Å²) in [5.41, 5.74) is 26.4. The van der Waals surface area contributed by atoms with Crippen LogP contribution in [0.15, 0.2) is 193 Å². The zero-order chi connectivity index (χ0) is 47.8. The molecule has 3 heterocycles. The molecule has 5 heteroatoms. The van der Waals surface area contributed by atoms with Crippen molar-refractivity contribution in [1.29, 1.82) is 0 Å². The molecule has 0 unspecified atom stereocenters. The molecule has 0 saturated carbocycles. The first kappa shape index (κ1) is 43.5. The van der Waals surface area contributed by atoms with Gasteiger partial charge < -0.3 is 0 Å². The fraction of sp³-hybridized carbons (Fsp3) is 0.0909. The molecule has 2 nitrogen and oxygen atoms in total. The lowest BCUT2D eigenvalue weighted by Crippen LogP contribution is -2.15. The Bertz CT molecular complexity index is 3910. The van der Waals surface area contributed by atoms with Crippen molar-refractivity contribution in [2.75, 3.05) is 0 Å². The summed E-state index contributed by atoms with van der Waals surface area (Å²) in [5.74, 6) is 0. The number of fused-ring (bicyclic) bond motifs is 7. The summed E-state index contributed by atoms with van der Waals surface area (Å²) in [7, 11) is 0. The first-order valence-corrected chi connectivity index (χ1v) is 26.8. The minimum atomic E-state index is -0.244. The third-order valence-electron chi connectivity index (χ3n) is 15.1. The van der Waals surface area contributed by atoms with Gasteiger partial charge in [0.25, 0.3) is 0 Å². The van der Waals surface area contributed by atoms with Crippen LogP contribution >= 0.6 is 34.4 Å². The molecule has 0 bridgehead atoms. The van der Waals surface area contributed by atoms with Crippen molar-refractivity contribution in [2.24, 2.45) is 0 Å². The van der Waals surface area contributed by atoms with Crippen molar-refractivity contribution < 1.29 is 0 Å². The third kappa shape index (κ3) is 7.42. The molecule has 3 aromatic heterocycles. The second-order valence-corrected chi connectivity index (χ2v) is 22.4. The highest BCUT2D eigenvalue weighted by Gasteiger charge is 2.38. The van der Waals surface area contributed by atoms with Crippen LogP contribution in [0.1, 0.15) is 70.8 Å². The van der Waals surface area contributed by atoms with E-state index in [4.69, 9.17) is 8.75 Å². The summed E-state index contributed by atoms with van der Waals surface area (Å²) in [5, 5.41) is 4.30. The van der Waals surface area contributed by atoms with Gasteiger partial charge in [0.05, 0.1) is 11.7 Å². The van der Waals surface area contributed by atoms with Crippen molar-refractivity contribution in [3.05, 3.63) is 236 Å². The first-order chi connectivity index (χ1) is 34.7. The van der Waals surface area contributed by atoms with Crippen LogP contribution < -0.4 is 0 Å². The van der Waals surface area contributed by atoms with Crippen LogP contribution in [-0.2, 0) is 10.8 Å². The van der Waals surface area contributed by atoms with Crippen LogP contribution in [0, 0.1) is 0 Å². The molecule has 0 aliphatic heterocycles. The fourth-order valence-electron chi connectivity index (χ4n) is 11.3. The number of rotatable bonds is 9. The second-order valence-electron chi connectivity index (χ2n) is 19.9. The van der Waals surface area contributed by atoms with Crippen molar-refractivity contribution in [3.8, 4) is 77.9 Å². The number of aromatic nitrogens is 2. The lowest BCUT2D eigenvalue weighted by molar-refractivity contribution is 0.660. The number of thiophene rings is 2. The Kier molecular flexibility index (Phi) is 10.5. The van der Waals surface area contributed by atoms with Crippen LogP contribution in [0.25, 0.3) is 113 Å². The van der Waals surface area contributed by atoms with E-state index >= 15 is 0 Å². The van der Waals surface area contributed by atoms with E-state index in [1.807, 2.05) is 0 Å². The Labute approximate surface area is 428 Å². The molecule has 0 amide bonds. The minimum Gasteiger partial charge on any atom is -0.172 e. The van der Waals surface area contributed by atoms with E-state index in [2.05, 4.69) is 245 Å². The topological polar surface area (TPSA) is 25.8 Å². The maximum atomic E-state index is 4.86. The number of hydrogen-bond donors (Lipinski definition) is 0. The van der Waals surface area contributed by atoms with Crippen LogP contribution in [0.4, 0.5) is 0 Å². The summed E-state index contributed by atoms with van der Waals surface area (Å²) in [6, 6.07) is 67.6. The Hall–Kier alpha value is -7.54. The molecule has 2 aliphatic carbocycles. The molecule has 340 valence electrons. The SMILES string of the molecule is CC1(C)c2cc(-c3ccccc3)ccc2-c2ccc(-c3cc(/C=C/c4cccs4)c(-c4ccc5c(c4)C(C)(C)c4cc(-c6ccc(-c7ccccc7)c7nsnc67)ccc4-5)cc3/C=C/c3cccs3)cc21. The molecule has 8 aromatic carbocycles. The van der Waals surface area contributed by atoms with Crippen molar-refractivity contribution in [3.63, 3.8) is 0 Å². The second kappa shape index (κ2) is 17.1. The molecular weight excluding hydrogens is 917 g/mol. The highest BCUT2D eigenvalue weighted by Crippen LogP contribution is 2.53. The van der Waals surface area contributed by atoms with Gasteiger partial charge in [0.1, 0.15) is 11.0 Å². The summed E-state index contributed by atoms with van der Waals surface area (Å²) < 4.78 is 9.66. The van der Waals surface area contributed by atoms with Gasteiger partial charge in [0, 0.05) is 31.7 Å². The molecule has 71 heavy (non-hydrogen) atoms. The summed E-state index contributed by atoms with van der Waals surface area (Å²) in [6.07, 6.45) is 9.20. The van der Waals surface area contributed by atoms with Gasteiger partial charge >= 0.3 is 0 Å². The number of benzene rings is 8. The quantitative estimate of drug-likeness (QED) is 0.144. The fourth-order valence-corrected chi connectivity index (χ4v) is 13.1. The molecule has 0 N–H and O–H groups in total. The lowest BCUT2D eigenvalue weighted by Gasteiger charge is -2.24. The highest BCUT2D eigenvalue weighted by atomic mass is 32.1. The zero-order valence-corrected chi connectivity index (χ0v) is 42.4. The molecule has 2 aliphatic rings. The van der Waals surface area contributed by atoms with Crippen LogP contribution in [0.2, 0.25) is 0 Å². The van der Waals surface area contributed by atoms with Gasteiger partial charge in [-0.2, -0.15) is 8.75 Å². The van der Waals surface area contributed by atoms with E-state index in [0.717, 1.165) is 33.3 Å². The van der Waals surface area contributed by atoms with Gasteiger partial charge in [-0.3, -0.25) is 0 Å². The molecule has 0 radical (unpaired) electrons. The average molecular weight is 965 g/mol. The first-order valence-electron chi connectivity index (χ1n) is 24.3. The molecule has 0 fully saturated rings. The predicted molar refractivity (Wildman–Crippen MR) is 306 cm³/mol. The molecule has 0 spiro atoms. The van der Waals surface area contributed by atoms with E-state index in [1.54, 1.807) is 22.7 Å². The van der Waals surface area contributed by atoms with Gasteiger partial charge in [0.15, 0.2) is 0 Å². The van der Waals surface area contributed by atoms with Gasteiger partial charge in [-0.05, 0) is 172 Å². The van der Waals surface area contributed by atoms with Crippen LogP contribution in [0.3, 0.4) is 0 Å². The van der Waals surface area contributed by atoms with Crippen molar-refractivity contribution in [1.82, 2.24) is 8.75 Å². The monoisotopic (exact) mass is 964 g/mol. The molecular formula is C66H48N2S3.